The number of rotatable bonds is 5. The minimum atomic E-state index is -0.214. The van der Waals surface area contributed by atoms with Crippen molar-refractivity contribution >= 4 is 33.1 Å². The van der Waals surface area contributed by atoms with Crippen molar-refractivity contribution in [2.45, 2.75) is 65.3 Å². The standard InChI is InChI=1S/C26H32N6OS/c1-12(2)21-22-15(5)24(18-7-17-6-16(18)8-31(17)10-20(27)33)34-26(22)30-23(21)19-9-32-25(28-11-29-32)14(4)13(19)3/h9,11-12,16-18,30H,6-8,10H2,1-5H3,(H2,27,33)/t16?,17?,18-/m0/s1. The number of H-pyrrole nitrogens is 1. The summed E-state index contributed by atoms with van der Waals surface area (Å²) in [7, 11) is 0. The first-order valence-corrected chi connectivity index (χ1v) is 13.0. The van der Waals surface area contributed by atoms with Gasteiger partial charge in [-0.25, -0.2) is 9.50 Å². The van der Waals surface area contributed by atoms with Gasteiger partial charge in [0, 0.05) is 34.6 Å². The van der Waals surface area contributed by atoms with Crippen molar-refractivity contribution in [3.63, 3.8) is 0 Å². The van der Waals surface area contributed by atoms with Gasteiger partial charge in [0.15, 0.2) is 5.65 Å². The van der Waals surface area contributed by atoms with Crippen molar-refractivity contribution in [3.05, 3.63) is 39.7 Å². The first-order valence-electron chi connectivity index (χ1n) is 12.2. The maximum absolute atomic E-state index is 11.4. The highest BCUT2D eigenvalue weighted by atomic mass is 32.1. The second kappa shape index (κ2) is 7.65. The van der Waals surface area contributed by atoms with E-state index in [1.165, 1.54) is 55.0 Å². The number of amides is 1. The number of aromatic nitrogens is 4. The van der Waals surface area contributed by atoms with Gasteiger partial charge in [-0.2, -0.15) is 5.10 Å². The van der Waals surface area contributed by atoms with Gasteiger partial charge in [0.1, 0.15) is 11.2 Å². The number of pyridine rings is 1. The molecule has 178 valence electrons. The molecule has 2 fully saturated rings. The Kier molecular flexibility index (Phi) is 4.90. The van der Waals surface area contributed by atoms with Crippen LogP contribution in [-0.2, 0) is 4.79 Å². The van der Waals surface area contributed by atoms with Gasteiger partial charge in [-0.1, -0.05) is 13.8 Å². The Balaban J connectivity index is 1.43. The highest BCUT2D eigenvalue weighted by Crippen LogP contribution is 2.53. The molecule has 4 aromatic heterocycles. The van der Waals surface area contributed by atoms with E-state index >= 15 is 0 Å². The van der Waals surface area contributed by atoms with Gasteiger partial charge in [0.2, 0.25) is 5.91 Å². The Labute approximate surface area is 203 Å². The third-order valence-electron chi connectivity index (χ3n) is 8.28. The summed E-state index contributed by atoms with van der Waals surface area (Å²) >= 11 is 1.94. The van der Waals surface area contributed by atoms with E-state index in [4.69, 9.17) is 5.73 Å². The number of aryl methyl sites for hydroxylation is 2. The van der Waals surface area contributed by atoms with Crippen LogP contribution < -0.4 is 5.73 Å². The summed E-state index contributed by atoms with van der Waals surface area (Å²) in [6.07, 6.45) is 6.05. The molecule has 1 saturated heterocycles. The van der Waals surface area contributed by atoms with E-state index in [2.05, 4.69) is 60.8 Å². The molecule has 1 aliphatic carbocycles. The number of aromatic amines is 1. The number of piperidine rings is 1. The number of nitrogens with zero attached hydrogens (tertiary/aromatic N) is 4. The van der Waals surface area contributed by atoms with Crippen LogP contribution in [0.2, 0.25) is 0 Å². The van der Waals surface area contributed by atoms with Crippen LogP contribution in [0.5, 0.6) is 0 Å². The molecule has 6 rings (SSSR count). The zero-order valence-electron chi connectivity index (χ0n) is 20.5. The molecule has 0 spiro atoms. The number of carbonyl (C=O) groups excluding carboxylic acids is 1. The van der Waals surface area contributed by atoms with Gasteiger partial charge in [0.05, 0.1) is 12.2 Å². The molecule has 2 unspecified atom stereocenters. The first kappa shape index (κ1) is 21.8. The first-order chi connectivity index (χ1) is 16.2. The van der Waals surface area contributed by atoms with Crippen LogP contribution >= 0.6 is 11.3 Å². The van der Waals surface area contributed by atoms with Crippen molar-refractivity contribution in [2.24, 2.45) is 11.7 Å². The molecule has 3 N–H and O–H groups in total. The third-order valence-corrected chi connectivity index (χ3v) is 9.62. The Morgan fingerprint density at radius 3 is 2.71 bits per heavy atom. The molecule has 0 aromatic carbocycles. The summed E-state index contributed by atoms with van der Waals surface area (Å²) in [5, 5.41) is 5.81. The molecule has 4 aromatic rings. The lowest BCUT2D eigenvalue weighted by Crippen LogP contribution is -2.40. The van der Waals surface area contributed by atoms with Crippen LogP contribution in [0.25, 0.3) is 27.1 Å². The lowest BCUT2D eigenvalue weighted by molar-refractivity contribution is -0.119. The van der Waals surface area contributed by atoms with Crippen molar-refractivity contribution < 1.29 is 4.79 Å². The molecule has 5 heterocycles. The second-order valence-corrected chi connectivity index (χ2v) is 11.6. The fraction of sp³-hybridized carbons (Fsp3) is 0.500. The Bertz CT molecular complexity index is 1440. The summed E-state index contributed by atoms with van der Waals surface area (Å²) in [5.41, 5.74) is 14.0. The number of hydrogen-bond acceptors (Lipinski definition) is 5. The third kappa shape index (κ3) is 3.08. The van der Waals surface area contributed by atoms with Crippen molar-refractivity contribution in [2.75, 3.05) is 13.1 Å². The van der Waals surface area contributed by atoms with Crippen LogP contribution in [0.3, 0.4) is 0 Å². The quantitative estimate of drug-likeness (QED) is 0.438. The zero-order chi connectivity index (χ0) is 23.9. The van der Waals surface area contributed by atoms with Gasteiger partial charge < -0.3 is 10.7 Å². The van der Waals surface area contributed by atoms with Crippen LogP contribution in [0.4, 0.5) is 0 Å². The lowest BCUT2D eigenvalue weighted by atomic mass is 9.88. The molecule has 8 heteroatoms. The summed E-state index contributed by atoms with van der Waals surface area (Å²) in [6, 6.07) is 0.488. The highest BCUT2D eigenvalue weighted by molar-refractivity contribution is 7.19. The average Bonchev–Trinajstić information content (AvgIpc) is 3.57. The number of nitrogens with two attached hydrogens (primary N) is 1. The molecular weight excluding hydrogens is 444 g/mol. The average molecular weight is 477 g/mol. The Morgan fingerprint density at radius 1 is 1.24 bits per heavy atom. The van der Waals surface area contributed by atoms with Crippen LogP contribution in [-0.4, -0.2) is 49.5 Å². The Hall–Kier alpha value is -2.71. The smallest absolute Gasteiger partial charge is 0.231 e. The maximum atomic E-state index is 11.4. The maximum Gasteiger partial charge on any atom is 0.231 e. The molecular formula is C26H32N6OS. The zero-order valence-corrected chi connectivity index (χ0v) is 21.3. The van der Waals surface area contributed by atoms with Gasteiger partial charge in [-0.05, 0) is 73.6 Å². The minimum absolute atomic E-state index is 0.214. The van der Waals surface area contributed by atoms with E-state index in [9.17, 15) is 4.79 Å². The second-order valence-electron chi connectivity index (χ2n) is 10.6. The predicted molar refractivity (Wildman–Crippen MR) is 136 cm³/mol. The number of hydrogen-bond donors (Lipinski definition) is 2. The van der Waals surface area contributed by atoms with Crippen LogP contribution in [0.1, 0.15) is 65.7 Å². The van der Waals surface area contributed by atoms with Gasteiger partial charge in [-0.3, -0.25) is 9.69 Å². The number of primary amides is 1. The normalized spacial score (nSPS) is 22.7. The molecule has 2 aliphatic rings. The fourth-order valence-electron chi connectivity index (χ4n) is 6.61. The molecule has 3 atom stereocenters. The van der Waals surface area contributed by atoms with Crippen molar-refractivity contribution in [1.29, 1.82) is 0 Å². The van der Waals surface area contributed by atoms with Gasteiger partial charge >= 0.3 is 0 Å². The largest absolute Gasteiger partial charge is 0.369 e. The van der Waals surface area contributed by atoms with E-state index in [1.54, 1.807) is 6.33 Å². The van der Waals surface area contributed by atoms with Gasteiger partial charge in [0.25, 0.3) is 0 Å². The van der Waals surface area contributed by atoms with E-state index in [0.29, 0.717) is 30.3 Å². The van der Waals surface area contributed by atoms with Crippen molar-refractivity contribution in [1.82, 2.24) is 24.5 Å². The van der Waals surface area contributed by atoms with E-state index in [1.807, 2.05) is 15.9 Å². The summed E-state index contributed by atoms with van der Waals surface area (Å²) in [4.78, 5) is 24.8. The molecule has 1 amide bonds. The lowest BCUT2D eigenvalue weighted by Gasteiger charge is -2.30. The number of thiophene rings is 1. The summed E-state index contributed by atoms with van der Waals surface area (Å²) in [5.74, 6) is 1.38. The molecule has 2 bridgehead atoms. The molecule has 1 saturated carbocycles. The molecule has 1 aliphatic heterocycles. The fourth-order valence-corrected chi connectivity index (χ4v) is 8.04. The van der Waals surface area contributed by atoms with E-state index in [0.717, 1.165) is 18.6 Å². The number of carbonyl (C=O) groups is 1. The minimum Gasteiger partial charge on any atom is -0.369 e. The molecule has 7 nitrogen and oxygen atoms in total. The van der Waals surface area contributed by atoms with E-state index in [-0.39, 0.29) is 5.91 Å². The summed E-state index contributed by atoms with van der Waals surface area (Å²) in [6.45, 7) is 12.6. The van der Waals surface area contributed by atoms with Crippen molar-refractivity contribution in [3.8, 4) is 11.3 Å². The number of likely N-dealkylation sites (tertiary alicyclic amines) is 1. The Morgan fingerprint density at radius 2 is 2.03 bits per heavy atom. The monoisotopic (exact) mass is 476 g/mol. The summed E-state index contributed by atoms with van der Waals surface area (Å²) < 4.78 is 1.89. The predicted octanol–water partition coefficient (Wildman–Crippen LogP) is 4.65. The SMILES string of the molecule is Cc1c(-c2[nH]c3sc([C@H]4CC5CC4CN5CC(N)=O)c(C)c3c2C(C)C)cn2ncnc2c1C. The molecule has 34 heavy (non-hydrogen) atoms. The molecule has 0 radical (unpaired) electrons. The number of nitrogens with one attached hydrogen (secondary N) is 1. The topological polar surface area (TPSA) is 92.3 Å². The highest BCUT2D eigenvalue weighted by Gasteiger charge is 2.46. The van der Waals surface area contributed by atoms with Crippen LogP contribution in [0.15, 0.2) is 12.5 Å². The van der Waals surface area contributed by atoms with E-state index < -0.39 is 0 Å². The number of fused-ring (bicyclic) bond motifs is 4. The van der Waals surface area contributed by atoms with Crippen LogP contribution in [0, 0.1) is 26.7 Å². The van der Waals surface area contributed by atoms with Gasteiger partial charge in [-0.15, -0.1) is 11.3 Å².